The third-order valence-corrected chi connectivity index (χ3v) is 7.72. The minimum atomic E-state index is -3.76. The molecule has 1 aliphatic carbocycles. The van der Waals surface area contributed by atoms with Gasteiger partial charge in [0.2, 0.25) is 0 Å². The number of anilines is 1. The van der Waals surface area contributed by atoms with E-state index in [4.69, 9.17) is 0 Å². The van der Waals surface area contributed by atoms with E-state index in [-0.39, 0.29) is 10.8 Å². The van der Waals surface area contributed by atoms with E-state index in [1.165, 1.54) is 44.2 Å². The summed E-state index contributed by atoms with van der Waals surface area (Å²) in [6, 6.07) is 14.3. The molecular formula is C25H35N3O3S. The molecule has 0 aromatic heterocycles. The zero-order chi connectivity index (χ0) is 23.1. The molecule has 32 heavy (non-hydrogen) atoms. The van der Waals surface area contributed by atoms with Gasteiger partial charge in [0.25, 0.3) is 15.9 Å². The van der Waals surface area contributed by atoms with Gasteiger partial charge in [-0.3, -0.25) is 14.4 Å². The predicted octanol–water partition coefficient (Wildman–Crippen LogP) is 4.73. The lowest BCUT2D eigenvalue weighted by molar-refractivity contribution is 0.0773. The van der Waals surface area contributed by atoms with E-state index in [1.54, 1.807) is 23.1 Å². The standard InChI is InChI=1S/C25H35N3O3S/c1-4-28(5-2)25(29)20-15-17-23(18-16-20)32(30,31)26-24-14-10-9-11-21(24)19-27(3)22-12-7-6-8-13-22/h9-11,14-18,22,26H,4-8,12-13,19H2,1-3H3. The Bertz CT molecular complexity index is 995. The number of amides is 1. The van der Waals surface area contributed by atoms with Crippen molar-refractivity contribution in [2.45, 2.75) is 63.4 Å². The Balaban J connectivity index is 1.74. The van der Waals surface area contributed by atoms with Crippen molar-refractivity contribution in [3.63, 3.8) is 0 Å². The molecule has 0 atom stereocenters. The van der Waals surface area contributed by atoms with Crippen LogP contribution in [0, 0.1) is 0 Å². The average molecular weight is 458 g/mol. The van der Waals surface area contributed by atoms with E-state index in [2.05, 4.69) is 16.7 Å². The second kappa shape index (κ2) is 11.0. The van der Waals surface area contributed by atoms with Crippen molar-refractivity contribution in [3.8, 4) is 0 Å². The van der Waals surface area contributed by atoms with Crippen molar-refractivity contribution in [3.05, 3.63) is 59.7 Å². The molecule has 0 aliphatic heterocycles. The predicted molar refractivity (Wildman–Crippen MR) is 129 cm³/mol. The fraction of sp³-hybridized carbons (Fsp3) is 0.480. The number of sulfonamides is 1. The van der Waals surface area contributed by atoms with Crippen molar-refractivity contribution in [2.24, 2.45) is 0 Å². The molecule has 2 aromatic carbocycles. The van der Waals surface area contributed by atoms with Crippen molar-refractivity contribution >= 4 is 21.6 Å². The number of carbonyl (C=O) groups excluding carboxylic acids is 1. The van der Waals surface area contributed by atoms with Crippen LogP contribution in [0.2, 0.25) is 0 Å². The molecule has 0 unspecified atom stereocenters. The molecule has 1 saturated carbocycles. The molecule has 7 heteroatoms. The van der Waals surface area contributed by atoms with Crippen molar-refractivity contribution < 1.29 is 13.2 Å². The summed E-state index contributed by atoms with van der Waals surface area (Å²) in [6.07, 6.45) is 6.22. The summed E-state index contributed by atoms with van der Waals surface area (Å²) < 4.78 is 28.9. The molecule has 0 bridgehead atoms. The maximum Gasteiger partial charge on any atom is 0.261 e. The van der Waals surface area contributed by atoms with Gasteiger partial charge in [-0.05, 0) is 69.6 Å². The maximum absolute atomic E-state index is 13.0. The monoisotopic (exact) mass is 457 g/mol. The molecular weight excluding hydrogens is 422 g/mol. The summed E-state index contributed by atoms with van der Waals surface area (Å²) >= 11 is 0. The number of nitrogens with zero attached hydrogens (tertiary/aromatic N) is 2. The number of hydrogen-bond donors (Lipinski definition) is 1. The Morgan fingerprint density at radius 3 is 2.22 bits per heavy atom. The molecule has 0 spiro atoms. The van der Waals surface area contributed by atoms with Gasteiger partial charge in [0.15, 0.2) is 0 Å². The lowest BCUT2D eigenvalue weighted by Crippen LogP contribution is -2.33. The highest BCUT2D eigenvalue weighted by molar-refractivity contribution is 7.92. The molecule has 1 aliphatic rings. The highest BCUT2D eigenvalue weighted by Crippen LogP contribution is 2.26. The van der Waals surface area contributed by atoms with Gasteiger partial charge < -0.3 is 4.90 Å². The van der Waals surface area contributed by atoms with Gasteiger partial charge in [0, 0.05) is 31.2 Å². The minimum absolute atomic E-state index is 0.0944. The Morgan fingerprint density at radius 1 is 0.969 bits per heavy atom. The lowest BCUT2D eigenvalue weighted by atomic mass is 9.94. The number of para-hydroxylation sites is 1. The molecule has 0 heterocycles. The number of nitrogens with one attached hydrogen (secondary N) is 1. The molecule has 1 fully saturated rings. The van der Waals surface area contributed by atoms with E-state index in [9.17, 15) is 13.2 Å². The van der Waals surface area contributed by atoms with Crippen LogP contribution in [0.1, 0.15) is 61.9 Å². The van der Waals surface area contributed by atoms with Gasteiger partial charge >= 0.3 is 0 Å². The van der Waals surface area contributed by atoms with Gasteiger partial charge in [-0.2, -0.15) is 0 Å². The number of rotatable bonds is 9. The molecule has 174 valence electrons. The highest BCUT2D eigenvalue weighted by atomic mass is 32.2. The molecule has 0 radical (unpaired) electrons. The first-order valence-electron chi connectivity index (χ1n) is 11.6. The summed E-state index contributed by atoms with van der Waals surface area (Å²) in [4.78, 5) is 16.7. The second-order valence-electron chi connectivity index (χ2n) is 8.47. The van der Waals surface area contributed by atoms with Crippen LogP contribution in [0.25, 0.3) is 0 Å². The Labute approximate surface area is 192 Å². The van der Waals surface area contributed by atoms with Crippen LogP contribution in [0.15, 0.2) is 53.4 Å². The molecule has 0 saturated heterocycles. The zero-order valence-corrected chi connectivity index (χ0v) is 20.2. The Kier molecular flexibility index (Phi) is 8.32. The van der Waals surface area contributed by atoms with E-state index >= 15 is 0 Å². The number of carbonyl (C=O) groups is 1. The lowest BCUT2D eigenvalue weighted by Gasteiger charge is -2.31. The van der Waals surface area contributed by atoms with E-state index in [0.29, 0.717) is 36.9 Å². The first-order chi connectivity index (χ1) is 15.4. The van der Waals surface area contributed by atoms with Crippen molar-refractivity contribution in [1.82, 2.24) is 9.80 Å². The number of hydrogen-bond acceptors (Lipinski definition) is 4. The average Bonchev–Trinajstić information content (AvgIpc) is 2.81. The van der Waals surface area contributed by atoms with Gasteiger partial charge in [-0.1, -0.05) is 37.5 Å². The minimum Gasteiger partial charge on any atom is -0.339 e. The van der Waals surface area contributed by atoms with Crippen molar-refractivity contribution in [2.75, 3.05) is 24.9 Å². The quantitative estimate of drug-likeness (QED) is 0.591. The third-order valence-electron chi connectivity index (χ3n) is 6.34. The van der Waals surface area contributed by atoms with Crippen LogP contribution >= 0.6 is 0 Å². The van der Waals surface area contributed by atoms with Gasteiger partial charge in [0.05, 0.1) is 10.6 Å². The van der Waals surface area contributed by atoms with Crippen LogP contribution in [0.3, 0.4) is 0 Å². The summed E-state index contributed by atoms with van der Waals surface area (Å²) in [7, 11) is -1.65. The van der Waals surface area contributed by atoms with Crippen LogP contribution in [-0.4, -0.2) is 50.3 Å². The molecule has 1 N–H and O–H groups in total. The maximum atomic E-state index is 13.0. The largest absolute Gasteiger partial charge is 0.339 e. The first kappa shape index (κ1) is 24.3. The summed E-state index contributed by atoms with van der Waals surface area (Å²) in [5.74, 6) is -0.0944. The van der Waals surface area contributed by atoms with Crippen LogP contribution in [-0.2, 0) is 16.6 Å². The third kappa shape index (κ3) is 5.90. The SMILES string of the molecule is CCN(CC)C(=O)c1ccc(S(=O)(=O)Nc2ccccc2CN(C)C2CCCCC2)cc1. The summed E-state index contributed by atoms with van der Waals surface area (Å²) in [5.41, 5.74) is 2.04. The molecule has 2 aromatic rings. The highest BCUT2D eigenvalue weighted by Gasteiger charge is 2.21. The van der Waals surface area contributed by atoms with Crippen LogP contribution < -0.4 is 4.72 Å². The normalized spacial score (nSPS) is 15.0. The molecule has 1 amide bonds. The fourth-order valence-electron chi connectivity index (χ4n) is 4.35. The zero-order valence-electron chi connectivity index (χ0n) is 19.4. The number of benzene rings is 2. The van der Waals surface area contributed by atoms with Gasteiger partial charge in [-0.15, -0.1) is 0 Å². The van der Waals surface area contributed by atoms with E-state index < -0.39 is 10.0 Å². The summed E-state index contributed by atoms with van der Waals surface area (Å²) in [6.45, 7) is 5.77. The summed E-state index contributed by atoms with van der Waals surface area (Å²) in [5, 5.41) is 0. The molecule has 6 nitrogen and oxygen atoms in total. The first-order valence-corrected chi connectivity index (χ1v) is 13.0. The second-order valence-corrected chi connectivity index (χ2v) is 10.2. The Morgan fingerprint density at radius 2 is 1.59 bits per heavy atom. The van der Waals surface area contributed by atoms with Gasteiger partial charge in [0.1, 0.15) is 0 Å². The van der Waals surface area contributed by atoms with Crippen molar-refractivity contribution in [1.29, 1.82) is 0 Å². The van der Waals surface area contributed by atoms with Crippen LogP contribution in [0.4, 0.5) is 5.69 Å². The Hall–Kier alpha value is -2.38. The van der Waals surface area contributed by atoms with E-state index in [0.717, 1.165) is 5.56 Å². The topological polar surface area (TPSA) is 69.7 Å². The molecule has 3 rings (SSSR count). The van der Waals surface area contributed by atoms with Gasteiger partial charge in [-0.25, -0.2) is 8.42 Å². The fourth-order valence-corrected chi connectivity index (χ4v) is 5.45. The van der Waals surface area contributed by atoms with Crippen LogP contribution in [0.5, 0.6) is 0 Å². The smallest absolute Gasteiger partial charge is 0.261 e. The van der Waals surface area contributed by atoms with E-state index in [1.807, 2.05) is 32.0 Å².